The Hall–Kier alpha value is -2.68. The van der Waals surface area contributed by atoms with E-state index in [1.807, 2.05) is 0 Å². The van der Waals surface area contributed by atoms with Gasteiger partial charge in [-0.3, -0.25) is 4.68 Å². The van der Waals surface area contributed by atoms with Crippen molar-refractivity contribution in [1.82, 2.24) is 14.8 Å². The minimum Gasteiger partial charge on any atom is -0.462 e. The molecule has 0 saturated heterocycles. The highest BCUT2D eigenvalue weighted by Gasteiger charge is 2.30. The number of esters is 1. The van der Waals surface area contributed by atoms with Crippen molar-refractivity contribution >= 4 is 17.3 Å². The topological polar surface area (TPSA) is 57.0 Å². The number of benzene rings is 1. The van der Waals surface area contributed by atoms with Crippen LogP contribution in [0, 0.1) is 0 Å². The molecule has 0 radical (unpaired) electrons. The van der Waals surface area contributed by atoms with Gasteiger partial charge in [-0.2, -0.15) is 18.3 Å². The molecule has 0 aliphatic rings. The monoisotopic (exact) mass is 381 g/mol. The van der Waals surface area contributed by atoms with Gasteiger partial charge in [-0.1, -0.05) is 12.1 Å². The highest BCUT2D eigenvalue weighted by molar-refractivity contribution is 7.15. The van der Waals surface area contributed by atoms with E-state index in [4.69, 9.17) is 4.74 Å². The highest BCUT2D eigenvalue weighted by atomic mass is 32.1. The average molecular weight is 381 g/mol. The van der Waals surface area contributed by atoms with Crippen molar-refractivity contribution in [2.45, 2.75) is 19.6 Å². The van der Waals surface area contributed by atoms with Gasteiger partial charge < -0.3 is 4.74 Å². The summed E-state index contributed by atoms with van der Waals surface area (Å²) in [7, 11) is 0. The van der Waals surface area contributed by atoms with Crippen molar-refractivity contribution in [2.24, 2.45) is 0 Å². The van der Waals surface area contributed by atoms with Gasteiger partial charge in [0.2, 0.25) is 0 Å². The summed E-state index contributed by atoms with van der Waals surface area (Å²) in [4.78, 5) is 16.5. The van der Waals surface area contributed by atoms with Gasteiger partial charge in [0, 0.05) is 12.4 Å². The van der Waals surface area contributed by atoms with E-state index >= 15 is 0 Å². The lowest BCUT2D eigenvalue weighted by atomic mass is 10.1. The third kappa shape index (κ3) is 4.10. The van der Waals surface area contributed by atoms with Crippen molar-refractivity contribution in [1.29, 1.82) is 0 Å². The van der Waals surface area contributed by atoms with Gasteiger partial charge in [0.05, 0.1) is 35.4 Å². The van der Waals surface area contributed by atoms with E-state index in [2.05, 4.69) is 10.1 Å². The van der Waals surface area contributed by atoms with E-state index in [9.17, 15) is 18.0 Å². The van der Waals surface area contributed by atoms with Crippen molar-refractivity contribution < 1.29 is 22.7 Å². The third-order valence-electron chi connectivity index (χ3n) is 3.47. The predicted octanol–water partition coefficient (Wildman–Crippen LogP) is 4.25. The molecule has 3 rings (SSSR count). The molecule has 26 heavy (non-hydrogen) atoms. The number of carbonyl (C=O) groups is 1. The summed E-state index contributed by atoms with van der Waals surface area (Å²) in [6, 6.07) is 5.12. The Bertz CT molecular complexity index is 918. The largest absolute Gasteiger partial charge is 0.462 e. The molecular weight excluding hydrogens is 367 g/mol. The normalized spacial score (nSPS) is 11.5. The van der Waals surface area contributed by atoms with E-state index in [0.29, 0.717) is 27.6 Å². The van der Waals surface area contributed by atoms with Crippen LogP contribution in [0.3, 0.4) is 0 Å². The molecule has 5 nitrogen and oxygen atoms in total. The van der Waals surface area contributed by atoms with Gasteiger partial charge in [-0.05, 0) is 24.6 Å². The molecule has 0 N–H and O–H groups in total. The van der Waals surface area contributed by atoms with Crippen molar-refractivity contribution in [3.05, 3.63) is 59.0 Å². The van der Waals surface area contributed by atoms with Crippen LogP contribution in [-0.2, 0) is 17.5 Å². The van der Waals surface area contributed by atoms with Gasteiger partial charge in [-0.25, -0.2) is 9.78 Å². The first kappa shape index (κ1) is 18.1. The Kier molecular flexibility index (Phi) is 5.08. The smallest absolute Gasteiger partial charge is 0.416 e. The van der Waals surface area contributed by atoms with Gasteiger partial charge in [0.25, 0.3) is 0 Å². The quantitative estimate of drug-likeness (QED) is 0.620. The summed E-state index contributed by atoms with van der Waals surface area (Å²) < 4.78 is 44.9. The van der Waals surface area contributed by atoms with Gasteiger partial charge in [-0.15, -0.1) is 11.3 Å². The van der Waals surface area contributed by atoms with E-state index < -0.39 is 17.7 Å². The molecule has 0 aliphatic carbocycles. The summed E-state index contributed by atoms with van der Waals surface area (Å²) in [5.74, 6) is -0.456. The predicted molar refractivity (Wildman–Crippen MR) is 89.8 cm³/mol. The molecule has 9 heteroatoms. The number of thiazole rings is 1. The first-order valence-electron chi connectivity index (χ1n) is 7.68. The fourth-order valence-corrected chi connectivity index (χ4v) is 3.18. The Balaban J connectivity index is 1.76. The second-order valence-corrected chi connectivity index (χ2v) is 6.46. The fourth-order valence-electron chi connectivity index (χ4n) is 2.27. The van der Waals surface area contributed by atoms with E-state index in [1.54, 1.807) is 19.2 Å². The molecule has 2 aromatic heterocycles. The van der Waals surface area contributed by atoms with Crippen LogP contribution >= 0.6 is 11.3 Å². The van der Waals surface area contributed by atoms with Crippen LogP contribution in [0.4, 0.5) is 13.2 Å². The third-order valence-corrected chi connectivity index (χ3v) is 4.50. The molecule has 0 amide bonds. The van der Waals surface area contributed by atoms with Gasteiger partial charge in [0.15, 0.2) is 0 Å². The summed E-state index contributed by atoms with van der Waals surface area (Å²) in [6.07, 6.45) is 0.0932. The van der Waals surface area contributed by atoms with Crippen molar-refractivity contribution in [2.75, 3.05) is 6.61 Å². The molecular formula is C17H14F3N3O2S. The fraction of sp³-hybridized carbons (Fsp3) is 0.235. The van der Waals surface area contributed by atoms with Crippen LogP contribution in [0.15, 0.2) is 42.9 Å². The first-order chi connectivity index (χ1) is 12.4. The minimum atomic E-state index is -4.39. The second kappa shape index (κ2) is 7.28. The molecule has 0 bridgehead atoms. The number of ether oxygens (including phenoxy) is 1. The Morgan fingerprint density at radius 2 is 2.12 bits per heavy atom. The van der Waals surface area contributed by atoms with E-state index in [-0.39, 0.29) is 6.61 Å². The maximum atomic E-state index is 12.8. The molecule has 0 saturated carbocycles. The van der Waals surface area contributed by atoms with Gasteiger partial charge >= 0.3 is 12.1 Å². The number of alkyl halides is 3. The lowest BCUT2D eigenvalue weighted by Crippen LogP contribution is -2.04. The average Bonchev–Trinajstić information content (AvgIpc) is 3.25. The summed E-state index contributed by atoms with van der Waals surface area (Å²) in [5.41, 5.74) is 0.0915. The first-order valence-corrected chi connectivity index (χ1v) is 8.50. The van der Waals surface area contributed by atoms with Crippen LogP contribution in [-0.4, -0.2) is 27.3 Å². The SMILES string of the molecule is CCOC(=O)c1cnn(Cc2ncc(-c3cccc(C(F)(F)F)c3)s2)c1. The maximum absolute atomic E-state index is 12.8. The van der Waals surface area contributed by atoms with Crippen molar-refractivity contribution in [3.8, 4) is 10.4 Å². The van der Waals surface area contributed by atoms with Gasteiger partial charge in [0.1, 0.15) is 5.01 Å². The van der Waals surface area contributed by atoms with Crippen LogP contribution in [0.25, 0.3) is 10.4 Å². The highest BCUT2D eigenvalue weighted by Crippen LogP contribution is 2.33. The van der Waals surface area contributed by atoms with Crippen LogP contribution in [0.5, 0.6) is 0 Å². The second-order valence-electron chi connectivity index (χ2n) is 5.34. The zero-order valence-corrected chi connectivity index (χ0v) is 14.5. The minimum absolute atomic E-state index is 0.275. The zero-order valence-electron chi connectivity index (χ0n) is 13.7. The number of carbonyl (C=O) groups excluding carboxylic acids is 1. The molecule has 0 atom stereocenters. The molecule has 0 spiro atoms. The Morgan fingerprint density at radius 1 is 1.31 bits per heavy atom. The van der Waals surface area contributed by atoms with Crippen LogP contribution in [0.1, 0.15) is 27.9 Å². The summed E-state index contributed by atoms with van der Waals surface area (Å²) >= 11 is 1.27. The Morgan fingerprint density at radius 3 is 2.85 bits per heavy atom. The lowest BCUT2D eigenvalue weighted by molar-refractivity contribution is -0.137. The molecule has 1 aromatic carbocycles. The lowest BCUT2D eigenvalue weighted by Gasteiger charge is -2.07. The summed E-state index contributed by atoms with van der Waals surface area (Å²) in [6.45, 7) is 2.30. The molecule has 3 aromatic rings. The van der Waals surface area contributed by atoms with E-state index in [1.165, 1.54) is 34.5 Å². The standard InChI is InChI=1S/C17H14F3N3O2S/c1-2-25-16(24)12-7-22-23(9-12)10-15-21-8-14(26-15)11-4-3-5-13(6-11)17(18,19)20/h3-9H,2,10H2,1H3. The molecule has 0 aliphatic heterocycles. The summed E-state index contributed by atoms with van der Waals surface area (Å²) in [5, 5.41) is 4.74. The molecule has 0 unspecified atom stereocenters. The number of nitrogens with zero attached hydrogens (tertiary/aromatic N) is 3. The molecule has 136 valence electrons. The molecule has 0 fully saturated rings. The van der Waals surface area contributed by atoms with Crippen molar-refractivity contribution in [3.63, 3.8) is 0 Å². The van der Waals surface area contributed by atoms with Crippen LogP contribution in [0.2, 0.25) is 0 Å². The number of hydrogen-bond acceptors (Lipinski definition) is 5. The zero-order chi connectivity index (χ0) is 18.7. The maximum Gasteiger partial charge on any atom is 0.416 e. The number of rotatable bonds is 5. The number of halogens is 3. The Labute approximate surface area is 151 Å². The molecule has 2 heterocycles. The number of aromatic nitrogens is 3. The number of hydrogen-bond donors (Lipinski definition) is 0. The van der Waals surface area contributed by atoms with E-state index in [0.717, 1.165) is 12.1 Å². The van der Waals surface area contributed by atoms with Crippen LogP contribution < -0.4 is 0 Å².